The molecule has 1 rings (SSSR count). The molecule has 0 saturated carbocycles. The fourth-order valence-corrected chi connectivity index (χ4v) is 3.50. The smallest absolute Gasteiger partial charge is 0.226 e. The molecule has 0 fully saturated rings. The molecule has 0 aliphatic carbocycles. The van der Waals surface area contributed by atoms with E-state index in [1.165, 1.54) is 57.8 Å². The van der Waals surface area contributed by atoms with Crippen LogP contribution in [0.1, 0.15) is 104 Å². The number of unbranched alkanes of at least 4 members (excludes halogenated alkanes) is 11. The molecule has 0 unspecified atom stereocenters. The predicted molar refractivity (Wildman–Crippen MR) is 132 cm³/mol. The molecule has 0 aromatic heterocycles. The maximum atomic E-state index is 12.0. The number of ether oxygens (including phenoxy) is 1. The van der Waals surface area contributed by atoms with Crippen LogP contribution in [0, 0.1) is 0 Å². The van der Waals surface area contributed by atoms with Crippen molar-refractivity contribution < 1.29 is 9.53 Å². The Hall–Kier alpha value is -1.62. The third kappa shape index (κ3) is 14.4. The molecular formula is C25H42N2O2S. The summed E-state index contributed by atoms with van der Waals surface area (Å²) >= 11 is 5.24. The lowest BCUT2D eigenvalue weighted by Crippen LogP contribution is -2.33. The summed E-state index contributed by atoms with van der Waals surface area (Å²) in [6, 6.07) is 7.63. The molecule has 1 aromatic rings. The lowest BCUT2D eigenvalue weighted by Gasteiger charge is -2.11. The average molecular weight is 435 g/mol. The highest BCUT2D eigenvalue weighted by Crippen LogP contribution is 2.16. The zero-order valence-corrected chi connectivity index (χ0v) is 20.0. The second-order valence-electron chi connectivity index (χ2n) is 8.01. The minimum absolute atomic E-state index is 0.0112. The first-order chi connectivity index (χ1) is 14.7. The van der Waals surface area contributed by atoms with Crippen molar-refractivity contribution >= 4 is 28.9 Å². The van der Waals surface area contributed by atoms with Crippen LogP contribution in [-0.4, -0.2) is 17.6 Å². The molecule has 4 nitrogen and oxygen atoms in total. The van der Waals surface area contributed by atoms with E-state index in [-0.39, 0.29) is 5.91 Å². The standard InChI is InChI=1S/C25H42N2O2S/c1-3-5-7-8-9-10-11-12-13-14-15-16-24(28)27-25(30)26-22-17-19-23(20-18-22)29-21-6-4-2/h17-20H,3-16,21H2,1-2H3,(H2,26,27,28,30). The normalized spacial score (nSPS) is 10.6. The number of hydrogen-bond donors (Lipinski definition) is 2. The van der Waals surface area contributed by atoms with Crippen molar-refractivity contribution in [3.63, 3.8) is 0 Å². The van der Waals surface area contributed by atoms with Crippen LogP contribution in [0.15, 0.2) is 24.3 Å². The minimum Gasteiger partial charge on any atom is -0.494 e. The molecule has 5 heteroatoms. The summed E-state index contributed by atoms with van der Waals surface area (Å²) in [5.74, 6) is 0.836. The number of carbonyl (C=O) groups excluding carboxylic acids is 1. The van der Waals surface area contributed by atoms with E-state index in [4.69, 9.17) is 17.0 Å². The van der Waals surface area contributed by atoms with Gasteiger partial charge in [0, 0.05) is 12.1 Å². The summed E-state index contributed by atoms with van der Waals surface area (Å²) in [6.45, 7) is 5.13. The zero-order chi connectivity index (χ0) is 21.9. The van der Waals surface area contributed by atoms with Gasteiger partial charge >= 0.3 is 0 Å². The zero-order valence-electron chi connectivity index (χ0n) is 19.1. The molecule has 30 heavy (non-hydrogen) atoms. The van der Waals surface area contributed by atoms with Crippen LogP contribution in [0.5, 0.6) is 5.75 Å². The van der Waals surface area contributed by atoms with Gasteiger partial charge < -0.3 is 15.4 Å². The molecule has 0 radical (unpaired) electrons. The van der Waals surface area contributed by atoms with E-state index in [0.29, 0.717) is 11.5 Å². The van der Waals surface area contributed by atoms with Crippen molar-refractivity contribution in [2.45, 2.75) is 104 Å². The van der Waals surface area contributed by atoms with Crippen molar-refractivity contribution in [1.82, 2.24) is 5.32 Å². The Kier molecular flexibility index (Phi) is 16.0. The summed E-state index contributed by atoms with van der Waals surface area (Å²) < 4.78 is 5.65. The SMILES string of the molecule is CCCCCCCCCCCCCC(=O)NC(=S)Nc1ccc(OCCCC)cc1. The molecule has 0 heterocycles. The summed E-state index contributed by atoms with van der Waals surface area (Å²) in [5.41, 5.74) is 0.845. The molecule has 0 spiro atoms. The lowest BCUT2D eigenvalue weighted by atomic mass is 10.1. The Morgan fingerprint density at radius 2 is 1.33 bits per heavy atom. The van der Waals surface area contributed by atoms with Gasteiger partial charge in [0.15, 0.2) is 5.11 Å². The van der Waals surface area contributed by atoms with Gasteiger partial charge in [0.1, 0.15) is 5.75 Å². The number of thiocarbonyl (C=S) groups is 1. The van der Waals surface area contributed by atoms with Crippen LogP contribution >= 0.6 is 12.2 Å². The van der Waals surface area contributed by atoms with Gasteiger partial charge in [-0.1, -0.05) is 84.5 Å². The van der Waals surface area contributed by atoms with Gasteiger partial charge in [0.25, 0.3) is 0 Å². The second kappa shape index (κ2) is 18.2. The Balaban J connectivity index is 2.04. The van der Waals surface area contributed by atoms with Gasteiger partial charge in [-0.15, -0.1) is 0 Å². The molecule has 2 N–H and O–H groups in total. The summed E-state index contributed by atoms with van der Waals surface area (Å²) in [4.78, 5) is 12.0. The van der Waals surface area contributed by atoms with Crippen LogP contribution in [0.25, 0.3) is 0 Å². The van der Waals surface area contributed by atoms with E-state index in [1.807, 2.05) is 24.3 Å². The van der Waals surface area contributed by atoms with Crippen molar-refractivity contribution in [3.8, 4) is 5.75 Å². The van der Waals surface area contributed by atoms with Crippen LogP contribution in [-0.2, 0) is 4.79 Å². The molecule has 0 saturated heterocycles. The highest BCUT2D eigenvalue weighted by Gasteiger charge is 2.05. The first kappa shape index (κ1) is 26.4. The lowest BCUT2D eigenvalue weighted by molar-refractivity contribution is -0.119. The average Bonchev–Trinajstić information content (AvgIpc) is 2.73. The maximum Gasteiger partial charge on any atom is 0.226 e. The van der Waals surface area contributed by atoms with Gasteiger partial charge in [0.05, 0.1) is 6.61 Å². The highest BCUT2D eigenvalue weighted by molar-refractivity contribution is 7.80. The number of carbonyl (C=O) groups is 1. The van der Waals surface area contributed by atoms with Crippen molar-refractivity contribution in [2.24, 2.45) is 0 Å². The van der Waals surface area contributed by atoms with Gasteiger partial charge in [-0.25, -0.2) is 0 Å². The van der Waals surface area contributed by atoms with E-state index in [1.54, 1.807) is 0 Å². The molecule has 0 aliphatic heterocycles. The Morgan fingerprint density at radius 1 is 0.800 bits per heavy atom. The Labute approximate surface area is 189 Å². The van der Waals surface area contributed by atoms with Crippen LogP contribution < -0.4 is 15.4 Å². The fraction of sp³-hybridized carbons (Fsp3) is 0.680. The van der Waals surface area contributed by atoms with Gasteiger partial charge in [-0.05, 0) is 49.3 Å². The topological polar surface area (TPSA) is 50.4 Å². The fourth-order valence-electron chi connectivity index (χ4n) is 3.27. The van der Waals surface area contributed by atoms with Gasteiger partial charge in [-0.3, -0.25) is 4.79 Å². The molecule has 1 amide bonds. The van der Waals surface area contributed by atoms with E-state index >= 15 is 0 Å². The summed E-state index contributed by atoms with van der Waals surface area (Å²) in [5, 5.41) is 6.17. The van der Waals surface area contributed by atoms with E-state index in [0.717, 1.165) is 43.7 Å². The number of anilines is 1. The maximum absolute atomic E-state index is 12.0. The summed E-state index contributed by atoms with van der Waals surface area (Å²) in [7, 11) is 0. The number of benzene rings is 1. The quantitative estimate of drug-likeness (QED) is 0.198. The number of hydrogen-bond acceptors (Lipinski definition) is 3. The first-order valence-electron chi connectivity index (χ1n) is 12.0. The van der Waals surface area contributed by atoms with Crippen LogP contribution in [0.2, 0.25) is 0 Å². The van der Waals surface area contributed by atoms with Crippen LogP contribution in [0.4, 0.5) is 5.69 Å². The van der Waals surface area contributed by atoms with Crippen LogP contribution in [0.3, 0.4) is 0 Å². The monoisotopic (exact) mass is 434 g/mol. The highest BCUT2D eigenvalue weighted by atomic mass is 32.1. The molecule has 0 aliphatic rings. The molecular weight excluding hydrogens is 392 g/mol. The predicted octanol–water partition coefficient (Wildman–Crippen LogP) is 7.38. The number of amides is 1. The Bertz CT molecular complexity index is 575. The Morgan fingerprint density at radius 3 is 1.90 bits per heavy atom. The third-order valence-electron chi connectivity index (χ3n) is 5.14. The summed E-state index contributed by atoms with van der Waals surface area (Å²) in [6.07, 6.45) is 16.8. The number of nitrogens with one attached hydrogen (secondary N) is 2. The van der Waals surface area contributed by atoms with E-state index < -0.39 is 0 Å². The molecule has 0 bridgehead atoms. The second-order valence-corrected chi connectivity index (χ2v) is 8.42. The first-order valence-corrected chi connectivity index (χ1v) is 12.4. The van der Waals surface area contributed by atoms with E-state index in [2.05, 4.69) is 24.5 Å². The number of rotatable bonds is 17. The van der Waals surface area contributed by atoms with Crippen molar-refractivity contribution in [2.75, 3.05) is 11.9 Å². The van der Waals surface area contributed by atoms with Gasteiger partial charge in [0.2, 0.25) is 5.91 Å². The minimum atomic E-state index is -0.0112. The van der Waals surface area contributed by atoms with Crippen molar-refractivity contribution in [3.05, 3.63) is 24.3 Å². The third-order valence-corrected chi connectivity index (χ3v) is 5.34. The van der Waals surface area contributed by atoms with E-state index in [9.17, 15) is 4.79 Å². The van der Waals surface area contributed by atoms with Crippen molar-refractivity contribution in [1.29, 1.82) is 0 Å². The molecule has 1 aromatic carbocycles. The largest absolute Gasteiger partial charge is 0.494 e. The molecule has 170 valence electrons. The molecule has 0 atom stereocenters. The van der Waals surface area contributed by atoms with Gasteiger partial charge in [-0.2, -0.15) is 0 Å².